The standard InChI is InChI=1S/C38H45O4P/c39-37-31-32(27-28-36(37)38(40)41)42-29-19-8-6-4-2-1-3-5-7-9-20-30-43(33-21-13-10-14-22-33,34-23-15-11-16-24-34)35-25-17-12-18-26-35/h10-18,21-28,31H,1-9,19-20,29-30H2,(H-,39,40,41)/p+1. The Balaban J connectivity index is 1.12. The van der Waals surface area contributed by atoms with E-state index >= 15 is 0 Å². The van der Waals surface area contributed by atoms with Crippen LogP contribution in [0.3, 0.4) is 0 Å². The molecule has 4 rings (SSSR count). The second kappa shape index (κ2) is 17.5. The van der Waals surface area contributed by atoms with Crippen molar-refractivity contribution in [1.29, 1.82) is 0 Å². The minimum atomic E-state index is -1.70. The first-order valence-electron chi connectivity index (χ1n) is 15.9. The number of carboxylic acids is 1. The molecule has 2 N–H and O–H groups in total. The van der Waals surface area contributed by atoms with Crippen molar-refractivity contribution in [1.82, 2.24) is 0 Å². The molecule has 226 valence electrons. The quantitative estimate of drug-likeness (QED) is 0.0838. The second-order valence-corrected chi connectivity index (χ2v) is 14.9. The fourth-order valence-corrected chi connectivity index (χ4v) is 10.3. The summed E-state index contributed by atoms with van der Waals surface area (Å²) in [6.45, 7) is 0.578. The van der Waals surface area contributed by atoms with E-state index in [2.05, 4.69) is 91.0 Å². The molecule has 0 atom stereocenters. The summed E-state index contributed by atoms with van der Waals surface area (Å²) in [5.74, 6) is -0.890. The molecule has 4 aromatic carbocycles. The highest BCUT2D eigenvalue weighted by Crippen LogP contribution is 2.56. The minimum absolute atomic E-state index is 0.107. The first-order chi connectivity index (χ1) is 21.1. The van der Waals surface area contributed by atoms with Crippen LogP contribution in [0.15, 0.2) is 109 Å². The van der Waals surface area contributed by atoms with Crippen molar-refractivity contribution >= 4 is 29.1 Å². The molecule has 0 unspecified atom stereocenters. The van der Waals surface area contributed by atoms with Gasteiger partial charge in [-0.1, -0.05) is 106 Å². The third-order valence-corrected chi connectivity index (χ3v) is 12.7. The Morgan fingerprint density at radius 1 is 0.558 bits per heavy atom. The average Bonchev–Trinajstić information content (AvgIpc) is 3.04. The molecule has 0 bridgehead atoms. The van der Waals surface area contributed by atoms with Crippen LogP contribution < -0.4 is 20.7 Å². The highest BCUT2D eigenvalue weighted by molar-refractivity contribution is 7.95. The third-order valence-electron chi connectivity index (χ3n) is 8.20. The van der Waals surface area contributed by atoms with Crippen molar-refractivity contribution < 1.29 is 19.7 Å². The van der Waals surface area contributed by atoms with E-state index in [4.69, 9.17) is 9.84 Å². The first-order valence-corrected chi connectivity index (χ1v) is 17.8. The van der Waals surface area contributed by atoms with Gasteiger partial charge in [0.05, 0.1) is 12.8 Å². The predicted octanol–water partition coefficient (Wildman–Crippen LogP) is 8.75. The lowest BCUT2D eigenvalue weighted by molar-refractivity contribution is 0.0693. The molecule has 5 heteroatoms. The molecule has 4 aromatic rings. The van der Waals surface area contributed by atoms with E-state index in [-0.39, 0.29) is 11.3 Å². The van der Waals surface area contributed by atoms with Gasteiger partial charge in [-0.25, -0.2) is 4.79 Å². The van der Waals surface area contributed by atoms with E-state index < -0.39 is 13.2 Å². The van der Waals surface area contributed by atoms with Crippen molar-refractivity contribution in [3.05, 3.63) is 115 Å². The highest BCUT2D eigenvalue weighted by Gasteiger charge is 2.44. The Bertz CT molecular complexity index is 1260. The van der Waals surface area contributed by atoms with Crippen LogP contribution in [0.5, 0.6) is 11.5 Å². The number of carboxylic acid groups (broad SMARTS) is 1. The van der Waals surface area contributed by atoms with Crippen LogP contribution in [0, 0.1) is 0 Å². The van der Waals surface area contributed by atoms with Crippen molar-refractivity contribution in [3.8, 4) is 11.5 Å². The molecule has 0 aromatic heterocycles. The zero-order valence-corrected chi connectivity index (χ0v) is 26.1. The fourth-order valence-electron chi connectivity index (χ4n) is 5.90. The number of aromatic carboxylic acids is 1. The molecule has 0 saturated carbocycles. The second-order valence-electron chi connectivity index (χ2n) is 11.3. The molecule has 0 spiro atoms. The van der Waals surface area contributed by atoms with Crippen LogP contribution in [0.2, 0.25) is 0 Å². The van der Waals surface area contributed by atoms with E-state index in [1.54, 1.807) is 6.07 Å². The number of hydrogen-bond acceptors (Lipinski definition) is 3. The van der Waals surface area contributed by atoms with E-state index in [9.17, 15) is 9.90 Å². The van der Waals surface area contributed by atoms with Crippen LogP contribution in [-0.4, -0.2) is 29.0 Å². The van der Waals surface area contributed by atoms with Gasteiger partial charge in [-0.3, -0.25) is 0 Å². The van der Waals surface area contributed by atoms with Gasteiger partial charge < -0.3 is 14.9 Å². The molecule has 0 aliphatic heterocycles. The van der Waals surface area contributed by atoms with Crippen molar-refractivity contribution in [2.45, 2.75) is 70.6 Å². The van der Waals surface area contributed by atoms with Crippen LogP contribution in [-0.2, 0) is 0 Å². The molecule has 4 nitrogen and oxygen atoms in total. The molecule has 0 saturated heterocycles. The molecule has 43 heavy (non-hydrogen) atoms. The number of ether oxygens (including phenoxy) is 1. The summed E-state index contributed by atoms with van der Waals surface area (Å²) in [7, 11) is -1.70. The van der Waals surface area contributed by atoms with Crippen LogP contribution in [0.1, 0.15) is 81.0 Å². The Morgan fingerprint density at radius 2 is 0.977 bits per heavy atom. The zero-order chi connectivity index (χ0) is 30.2. The monoisotopic (exact) mass is 597 g/mol. The third kappa shape index (κ3) is 9.43. The van der Waals surface area contributed by atoms with Gasteiger partial charge in [-0.15, -0.1) is 0 Å². The summed E-state index contributed by atoms with van der Waals surface area (Å²) in [4.78, 5) is 11.0. The number of unbranched alkanes of at least 4 members (excludes halogenated alkanes) is 10. The number of aromatic hydroxyl groups is 1. The molecule has 0 aliphatic rings. The molecular formula is C38H46O4P+. The van der Waals surface area contributed by atoms with Gasteiger partial charge in [0.1, 0.15) is 40.2 Å². The van der Waals surface area contributed by atoms with Gasteiger partial charge in [0.15, 0.2) is 0 Å². The summed E-state index contributed by atoms with van der Waals surface area (Å²) in [5.41, 5.74) is -0.107. The van der Waals surface area contributed by atoms with Gasteiger partial charge in [0.25, 0.3) is 0 Å². The normalized spacial score (nSPS) is 11.3. The molecule has 0 heterocycles. The van der Waals surface area contributed by atoms with E-state index in [0.717, 1.165) is 12.8 Å². The Hall–Kier alpha value is -3.62. The predicted molar refractivity (Wildman–Crippen MR) is 181 cm³/mol. The van der Waals surface area contributed by atoms with Gasteiger partial charge in [0.2, 0.25) is 0 Å². The van der Waals surface area contributed by atoms with E-state index in [1.807, 2.05) is 0 Å². The summed E-state index contributed by atoms with van der Waals surface area (Å²) in [6, 6.07) is 37.9. The van der Waals surface area contributed by atoms with E-state index in [0.29, 0.717) is 12.4 Å². The summed E-state index contributed by atoms with van der Waals surface area (Å²) in [5, 5.41) is 23.2. The number of carbonyl (C=O) groups is 1. The topological polar surface area (TPSA) is 66.8 Å². The lowest BCUT2D eigenvalue weighted by atomic mass is 10.1. The van der Waals surface area contributed by atoms with Crippen LogP contribution in [0.4, 0.5) is 0 Å². The fraction of sp³-hybridized carbons (Fsp3) is 0.342. The molecular weight excluding hydrogens is 551 g/mol. The number of phenols is 1. The van der Waals surface area contributed by atoms with Gasteiger partial charge in [0, 0.05) is 6.07 Å². The molecule has 0 radical (unpaired) electrons. The average molecular weight is 598 g/mol. The summed E-state index contributed by atoms with van der Waals surface area (Å²) < 4.78 is 5.66. The largest absolute Gasteiger partial charge is 0.507 e. The minimum Gasteiger partial charge on any atom is -0.507 e. The maximum atomic E-state index is 11.0. The maximum absolute atomic E-state index is 11.0. The number of benzene rings is 4. The molecule has 0 fully saturated rings. The van der Waals surface area contributed by atoms with Crippen LogP contribution in [0.25, 0.3) is 0 Å². The lowest BCUT2D eigenvalue weighted by Gasteiger charge is -2.27. The maximum Gasteiger partial charge on any atom is 0.339 e. The number of rotatable bonds is 19. The van der Waals surface area contributed by atoms with Gasteiger partial charge in [-0.05, 0) is 67.8 Å². The van der Waals surface area contributed by atoms with Crippen LogP contribution >= 0.6 is 7.26 Å². The lowest BCUT2D eigenvalue weighted by Crippen LogP contribution is -2.33. The summed E-state index contributed by atoms with van der Waals surface area (Å²) in [6.07, 6.45) is 14.8. The number of hydrogen-bond donors (Lipinski definition) is 2. The van der Waals surface area contributed by atoms with Gasteiger partial charge in [-0.2, -0.15) is 0 Å². The molecule has 0 amide bonds. The summed E-state index contributed by atoms with van der Waals surface area (Å²) >= 11 is 0. The van der Waals surface area contributed by atoms with Crippen molar-refractivity contribution in [2.24, 2.45) is 0 Å². The Kier molecular flexibility index (Phi) is 13.1. The van der Waals surface area contributed by atoms with Gasteiger partial charge >= 0.3 is 5.97 Å². The Labute approximate surface area is 258 Å². The zero-order valence-electron chi connectivity index (χ0n) is 25.2. The van der Waals surface area contributed by atoms with Crippen molar-refractivity contribution in [2.75, 3.05) is 12.8 Å². The van der Waals surface area contributed by atoms with E-state index in [1.165, 1.54) is 92.0 Å². The Morgan fingerprint density at radius 3 is 1.40 bits per heavy atom. The molecule has 0 aliphatic carbocycles. The smallest absolute Gasteiger partial charge is 0.339 e. The highest BCUT2D eigenvalue weighted by atomic mass is 31.2. The SMILES string of the molecule is O=C(O)c1ccc(OCCCCCCCCCCCCC[P+](c2ccccc2)(c2ccccc2)c2ccccc2)cc1O. The van der Waals surface area contributed by atoms with Crippen molar-refractivity contribution in [3.63, 3.8) is 0 Å². The first kappa shape index (κ1) is 32.3.